The average molecular weight is 277 g/mol. The molecule has 0 atom stereocenters. The summed E-state index contributed by atoms with van der Waals surface area (Å²) in [5.41, 5.74) is 0.741. The number of ketones is 1. The first-order chi connectivity index (χ1) is 7.77. The second-order valence-corrected chi connectivity index (χ2v) is 4.25. The first kappa shape index (κ1) is 11.0. The Kier molecular flexibility index (Phi) is 3.47. The van der Waals surface area contributed by atoms with Gasteiger partial charge in [-0.05, 0) is 6.07 Å². The van der Waals surface area contributed by atoms with Crippen molar-refractivity contribution in [3.63, 3.8) is 0 Å². The summed E-state index contributed by atoms with van der Waals surface area (Å²) in [6.45, 7) is 0.353. The number of carbonyl (C=O) groups excluding carboxylic acids is 1. The van der Waals surface area contributed by atoms with E-state index in [1.54, 1.807) is 0 Å². The molecule has 0 aliphatic rings. The topological polar surface area (TPSA) is 20.9 Å². The second-order valence-electron chi connectivity index (χ2n) is 3.44. The molecule has 1 aromatic carbocycles. The number of hydrogen-bond donors (Lipinski definition) is 0. The highest BCUT2D eigenvalue weighted by Gasteiger charge is 2.13. The summed E-state index contributed by atoms with van der Waals surface area (Å²) >= 11 is 3.41. The predicted octanol–water partition coefficient (Wildman–Crippen LogP) is 2.62. The third-order valence-electron chi connectivity index (χ3n) is 2.29. The van der Waals surface area contributed by atoms with Gasteiger partial charge in [0.25, 0.3) is 0 Å². The van der Waals surface area contributed by atoms with E-state index in [2.05, 4.69) is 15.9 Å². The van der Waals surface area contributed by atoms with Gasteiger partial charge < -0.3 is 0 Å². The second kappa shape index (κ2) is 5.03. The summed E-state index contributed by atoms with van der Waals surface area (Å²) < 4.78 is 2.77. The highest BCUT2D eigenvalue weighted by atomic mass is 79.9. The summed E-state index contributed by atoms with van der Waals surface area (Å²) in [6.07, 6.45) is 1.88. The Bertz CT molecular complexity index is 496. The molecular formula is C13H11BrNO+. The van der Waals surface area contributed by atoms with Crippen molar-refractivity contribution in [3.8, 4) is 0 Å². The zero-order valence-electron chi connectivity index (χ0n) is 8.64. The van der Waals surface area contributed by atoms with E-state index >= 15 is 0 Å². The van der Waals surface area contributed by atoms with E-state index in [1.807, 2.05) is 59.3 Å². The van der Waals surface area contributed by atoms with Crippen LogP contribution in [0.1, 0.15) is 10.4 Å². The molecule has 0 amide bonds. The minimum atomic E-state index is 0.109. The molecule has 2 nitrogen and oxygen atoms in total. The van der Waals surface area contributed by atoms with Crippen LogP contribution in [0.25, 0.3) is 0 Å². The van der Waals surface area contributed by atoms with Gasteiger partial charge in [0.1, 0.15) is 0 Å². The van der Waals surface area contributed by atoms with Crippen molar-refractivity contribution in [2.75, 3.05) is 0 Å². The van der Waals surface area contributed by atoms with Gasteiger partial charge in [0.2, 0.25) is 16.9 Å². The summed E-state index contributed by atoms with van der Waals surface area (Å²) in [5.74, 6) is 0.109. The van der Waals surface area contributed by atoms with Crippen molar-refractivity contribution < 1.29 is 9.36 Å². The molecule has 0 saturated carbocycles. The lowest BCUT2D eigenvalue weighted by molar-refractivity contribution is -0.694. The standard InChI is InChI=1S/C13H11BrNO/c14-13-8-4-5-9-15(13)10-12(16)11-6-2-1-3-7-11/h1-9H,10H2/q+1. The molecule has 1 aromatic heterocycles. The molecular weight excluding hydrogens is 266 g/mol. The van der Waals surface area contributed by atoms with E-state index in [9.17, 15) is 4.79 Å². The zero-order valence-corrected chi connectivity index (χ0v) is 10.2. The molecule has 0 aliphatic carbocycles. The van der Waals surface area contributed by atoms with Crippen molar-refractivity contribution in [2.24, 2.45) is 0 Å². The minimum absolute atomic E-state index is 0.109. The molecule has 0 N–H and O–H groups in total. The van der Waals surface area contributed by atoms with Crippen LogP contribution in [-0.4, -0.2) is 5.78 Å². The lowest BCUT2D eigenvalue weighted by Gasteiger charge is -1.99. The molecule has 0 aliphatic heterocycles. The first-order valence-corrected chi connectivity index (χ1v) is 5.79. The molecule has 16 heavy (non-hydrogen) atoms. The number of nitrogens with zero attached hydrogens (tertiary/aromatic N) is 1. The largest absolute Gasteiger partial charge is 0.287 e. The highest BCUT2D eigenvalue weighted by Crippen LogP contribution is 2.03. The highest BCUT2D eigenvalue weighted by molar-refractivity contribution is 9.10. The van der Waals surface area contributed by atoms with Gasteiger partial charge in [-0.3, -0.25) is 4.79 Å². The van der Waals surface area contributed by atoms with E-state index in [-0.39, 0.29) is 5.78 Å². The molecule has 80 valence electrons. The number of pyridine rings is 1. The van der Waals surface area contributed by atoms with Crippen LogP contribution >= 0.6 is 15.9 Å². The number of Topliss-reactive ketones (excluding diaryl/α,β-unsaturated/α-hetero) is 1. The van der Waals surface area contributed by atoms with Crippen LogP contribution in [0.3, 0.4) is 0 Å². The summed E-state index contributed by atoms with van der Waals surface area (Å²) in [6, 6.07) is 15.1. The lowest BCUT2D eigenvalue weighted by Crippen LogP contribution is -2.38. The van der Waals surface area contributed by atoms with Gasteiger partial charge in [0.05, 0.1) is 0 Å². The van der Waals surface area contributed by atoms with E-state index in [4.69, 9.17) is 0 Å². The van der Waals surface area contributed by atoms with E-state index in [0.29, 0.717) is 6.54 Å². The Morgan fingerprint density at radius 2 is 1.75 bits per heavy atom. The van der Waals surface area contributed by atoms with Crippen molar-refractivity contribution >= 4 is 21.7 Å². The molecule has 1 heterocycles. The molecule has 2 rings (SSSR count). The summed E-state index contributed by atoms with van der Waals surface area (Å²) in [7, 11) is 0. The van der Waals surface area contributed by atoms with Gasteiger partial charge >= 0.3 is 0 Å². The summed E-state index contributed by atoms with van der Waals surface area (Å²) in [5, 5.41) is 0. The van der Waals surface area contributed by atoms with Gasteiger partial charge in [-0.25, -0.2) is 0 Å². The lowest BCUT2D eigenvalue weighted by atomic mass is 10.1. The van der Waals surface area contributed by atoms with Crippen molar-refractivity contribution in [1.82, 2.24) is 0 Å². The summed E-state index contributed by atoms with van der Waals surface area (Å²) in [4.78, 5) is 11.9. The zero-order chi connectivity index (χ0) is 11.4. The van der Waals surface area contributed by atoms with Gasteiger partial charge in [0.15, 0.2) is 6.20 Å². The fourth-order valence-electron chi connectivity index (χ4n) is 1.45. The maximum atomic E-state index is 11.9. The monoisotopic (exact) mass is 276 g/mol. The smallest absolute Gasteiger partial charge is 0.248 e. The predicted molar refractivity (Wildman–Crippen MR) is 65.1 cm³/mol. The van der Waals surface area contributed by atoms with Crippen molar-refractivity contribution in [2.45, 2.75) is 6.54 Å². The maximum Gasteiger partial charge on any atom is 0.248 e. The van der Waals surface area contributed by atoms with Crippen LogP contribution in [0.4, 0.5) is 0 Å². The third kappa shape index (κ3) is 2.55. The quantitative estimate of drug-likeness (QED) is 0.480. The number of aromatic nitrogens is 1. The molecule has 0 unspecified atom stereocenters. The van der Waals surface area contributed by atoms with Crippen LogP contribution in [0, 0.1) is 0 Å². The fourth-order valence-corrected chi connectivity index (χ4v) is 1.85. The Balaban J connectivity index is 2.18. The third-order valence-corrected chi connectivity index (χ3v) is 3.01. The number of benzene rings is 1. The van der Waals surface area contributed by atoms with Crippen LogP contribution in [0.15, 0.2) is 59.3 Å². The van der Waals surface area contributed by atoms with Gasteiger partial charge in [0, 0.05) is 33.6 Å². The maximum absolute atomic E-state index is 11.9. The Hall–Kier alpha value is -1.48. The van der Waals surface area contributed by atoms with E-state index < -0.39 is 0 Å². The van der Waals surface area contributed by atoms with Crippen molar-refractivity contribution in [1.29, 1.82) is 0 Å². The molecule has 0 saturated heterocycles. The molecule has 0 spiro atoms. The van der Waals surface area contributed by atoms with Gasteiger partial charge in [-0.1, -0.05) is 30.3 Å². The molecule has 0 fully saturated rings. The SMILES string of the molecule is O=C(C[n+]1ccccc1Br)c1ccccc1. The number of carbonyl (C=O) groups is 1. The van der Waals surface area contributed by atoms with Crippen LogP contribution < -0.4 is 4.57 Å². The van der Waals surface area contributed by atoms with Crippen LogP contribution in [0.5, 0.6) is 0 Å². The van der Waals surface area contributed by atoms with Gasteiger partial charge in [-0.2, -0.15) is 4.57 Å². The molecule has 2 aromatic rings. The Labute approximate surface area is 103 Å². The molecule has 3 heteroatoms. The minimum Gasteiger partial charge on any atom is -0.287 e. The Morgan fingerprint density at radius 1 is 1.06 bits per heavy atom. The number of halogens is 1. The molecule has 0 bridgehead atoms. The van der Waals surface area contributed by atoms with E-state index in [1.165, 1.54) is 0 Å². The van der Waals surface area contributed by atoms with Crippen molar-refractivity contribution in [3.05, 3.63) is 64.9 Å². The average Bonchev–Trinajstić information content (AvgIpc) is 2.33. The first-order valence-electron chi connectivity index (χ1n) is 4.99. The molecule has 0 radical (unpaired) electrons. The Morgan fingerprint density at radius 3 is 2.44 bits per heavy atom. The van der Waals surface area contributed by atoms with Gasteiger partial charge in [-0.15, -0.1) is 0 Å². The van der Waals surface area contributed by atoms with Crippen LogP contribution in [0.2, 0.25) is 0 Å². The normalized spacial score (nSPS) is 10.1. The van der Waals surface area contributed by atoms with E-state index in [0.717, 1.165) is 10.2 Å². The fraction of sp³-hybridized carbons (Fsp3) is 0.0769. The van der Waals surface area contributed by atoms with Crippen LogP contribution in [-0.2, 0) is 6.54 Å². The number of hydrogen-bond acceptors (Lipinski definition) is 1. The number of rotatable bonds is 3.